The van der Waals surface area contributed by atoms with Crippen molar-refractivity contribution >= 4 is 22.2 Å². The lowest BCUT2D eigenvalue weighted by Crippen LogP contribution is -2.23. The molecule has 1 aromatic carbocycles. The van der Waals surface area contributed by atoms with Crippen LogP contribution in [0.5, 0.6) is 0 Å². The molecule has 0 spiro atoms. The Morgan fingerprint density at radius 3 is 2.42 bits per heavy atom. The van der Waals surface area contributed by atoms with Crippen molar-refractivity contribution in [2.45, 2.75) is 25.2 Å². The third-order valence-corrected chi connectivity index (χ3v) is 4.53. The highest BCUT2D eigenvalue weighted by Crippen LogP contribution is 2.05. The zero-order chi connectivity index (χ0) is 17.8. The van der Waals surface area contributed by atoms with E-state index in [2.05, 4.69) is 34.0 Å². The number of allylic oxidation sites excluding steroid dienone is 2. The predicted molar refractivity (Wildman–Crippen MR) is 100 cm³/mol. The standard InChI is InChI=1S/C10H9N.C7H9NO2S.C2H6/c1-2-4-9-6-7-11-8-10(9)5-3-1;1-8-11(9,10)7-5-3-2-4-6-7;1-2/h1-2,4-8H,3H2;2-6,8H,1H3;1-2H3. The fourth-order valence-electron chi connectivity index (χ4n) is 1.90. The van der Waals surface area contributed by atoms with E-state index < -0.39 is 10.0 Å². The van der Waals surface area contributed by atoms with Crippen molar-refractivity contribution in [2.24, 2.45) is 0 Å². The average molecular weight is 344 g/mol. The molecule has 0 saturated heterocycles. The van der Waals surface area contributed by atoms with Gasteiger partial charge >= 0.3 is 0 Å². The highest BCUT2D eigenvalue weighted by atomic mass is 32.2. The summed E-state index contributed by atoms with van der Waals surface area (Å²) in [7, 11) is -1.86. The molecule has 0 bridgehead atoms. The van der Waals surface area contributed by atoms with E-state index in [4.69, 9.17) is 0 Å². The van der Waals surface area contributed by atoms with Crippen LogP contribution in [-0.2, 0) is 10.0 Å². The summed E-state index contributed by atoms with van der Waals surface area (Å²) in [5.74, 6) is 0. The molecular weight excluding hydrogens is 320 g/mol. The van der Waals surface area contributed by atoms with E-state index >= 15 is 0 Å². The Balaban J connectivity index is 0.000000218. The van der Waals surface area contributed by atoms with E-state index in [1.807, 2.05) is 32.3 Å². The van der Waals surface area contributed by atoms with Gasteiger partial charge in [-0.05, 0) is 42.1 Å². The first-order chi connectivity index (χ1) is 11.6. The Hall–Kier alpha value is -2.24. The van der Waals surface area contributed by atoms with Crippen LogP contribution in [0.3, 0.4) is 0 Å². The minimum atomic E-state index is -3.25. The average Bonchev–Trinajstić information content (AvgIpc) is 2.90. The maximum Gasteiger partial charge on any atom is 0.240 e. The van der Waals surface area contributed by atoms with Crippen molar-refractivity contribution in [3.05, 3.63) is 71.4 Å². The summed E-state index contributed by atoms with van der Waals surface area (Å²) in [6, 6.07) is 10.3. The second-order valence-corrected chi connectivity index (χ2v) is 6.45. The summed E-state index contributed by atoms with van der Waals surface area (Å²) in [4.78, 5) is 4.35. The molecule has 0 fully saturated rings. The van der Waals surface area contributed by atoms with Crippen molar-refractivity contribution in [1.29, 1.82) is 0 Å². The minimum absolute atomic E-state index is 0.294. The fourth-order valence-corrected chi connectivity index (χ4v) is 2.65. The van der Waals surface area contributed by atoms with Gasteiger partial charge in [-0.25, -0.2) is 13.1 Å². The van der Waals surface area contributed by atoms with Crippen molar-refractivity contribution in [2.75, 3.05) is 7.05 Å². The van der Waals surface area contributed by atoms with Gasteiger partial charge in [-0.2, -0.15) is 0 Å². The Morgan fingerprint density at radius 1 is 1.04 bits per heavy atom. The van der Waals surface area contributed by atoms with Gasteiger partial charge in [0.05, 0.1) is 4.90 Å². The number of benzene rings is 1. The molecule has 0 aliphatic heterocycles. The number of aromatic nitrogens is 1. The Bertz CT molecular complexity index is 858. The van der Waals surface area contributed by atoms with Gasteiger partial charge in [0.15, 0.2) is 0 Å². The smallest absolute Gasteiger partial charge is 0.240 e. The maximum absolute atomic E-state index is 11.1. The Labute approximate surface area is 144 Å². The summed E-state index contributed by atoms with van der Waals surface area (Å²) in [5.41, 5.74) is 0. The van der Waals surface area contributed by atoms with E-state index in [1.54, 1.807) is 30.3 Å². The molecule has 1 aliphatic rings. The third-order valence-electron chi connectivity index (χ3n) is 3.10. The van der Waals surface area contributed by atoms with Gasteiger partial charge in [-0.3, -0.25) is 4.98 Å². The summed E-state index contributed by atoms with van der Waals surface area (Å²) in [5, 5.41) is 2.49. The number of nitrogens with zero attached hydrogens (tertiary/aromatic N) is 1. The van der Waals surface area contributed by atoms with E-state index in [9.17, 15) is 8.42 Å². The second-order valence-electron chi connectivity index (χ2n) is 4.56. The zero-order valence-corrected chi connectivity index (χ0v) is 15.1. The van der Waals surface area contributed by atoms with Crippen molar-refractivity contribution < 1.29 is 8.42 Å². The number of rotatable bonds is 2. The Morgan fingerprint density at radius 2 is 1.75 bits per heavy atom. The Kier molecular flexibility index (Phi) is 8.68. The molecule has 1 N–H and O–H groups in total. The molecule has 0 saturated carbocycles. The molecule has 5 heteroatoms. The van der Waals surface area contributed by atoms with Crippen LogP contribution in [0.4, 0.5) is 0 Å². The first-order valence-corrected chi connectivity index (χ1v) is 9.37. The molecule has 0 atom stereocenters. The van der Waals surface area contributed by atoms with Gasteiger partial charge in [0.2, 0.25) is 10.0 Å². The van der Waals surface area contributed by atoms with Crippen LogP contribution in [-0.4, -0.2) is 20.4 Å². The number of hydrogen-bond acceptors (Lipinski definition) is 3. The highest BCUT2D eigenvalue weighted by molar-refractivity contribution is 7.89. The van der Waals surface area contributed by atoms with Crippen molar-refractivity contribution in [3.63, 3.8) is 0 Å². The number of nitrogens with one attached hydrogen (secondary N) is 1. The molecule has 0 unspecified atom stereocenters. The number of fused-ring (bicyclic) bond motifs is 1. The van der Waals surface area contributed by atoms with Gasteiger partial charge in [0.25, 0.3) is 0 Å². The normalized spacial score (nSPS) is 12.0. The maximum atomic E-state index is 11.1. The second kappa shape index (κ2) is 10.5. The molecule has 1 aromatic heterocycles. The van der Waals surface area contributed by atoms with Crippen LogP contribution in [0.2, 0.25) is 0 Å². The molecular formula is C19H24N2O2S. The summed E-state index contributed by atoms with van der Waals surface area (Å²) in [6.07, 6.45) is 13.3. The van der Waals surface area contributed by atoms with Gasteiger partial charge in [0, 0.05) is 12.4 Å². The van der Waals surface area contributed by atoms with Crippen molar-refractivity contribution in [3.8, 4) is 0 Å². The van der Waals surface area contributed by atoms with E-state index in [0.29, 0.717) is 4.90 Å². The zero-order valence-electron chi connectivity index (χ0n) is 14.3. The lowest BCUT2D eigenvalue weighted by Gasteiger charge is -1.99. The van der Waals surface area contributed by atoms with Crippen LogP contribution in [0.25, 0.3) is 12.2 Å². The minimum Gasteiger partial charge on any atom is -0.264 e. The van der Waals surface area contributed by atoms with Crippen molar-refractivity contribution in [1.82, 2.24) is 9.71 Å². The van der Waals surface area contributed by atoms with Gasteiger partial charge in [-0.15, -0.1) is 0 Å². The van der Waals surface area contributed by atoms with Gasteiger partial charge in [0.1, 0.15) is 0 Å². The van der Waals surface area contributed by atoms with E-state index in [1.165, 1.54) is 17.5 Å². The van der Waals surface area contributed by atoms with Crippen LogP contribution >= 0.6 is 0 Å². The molecule has 2 aromatic rings. The van der Waals surface area contributed by atoms with Gasteiger partial charge < -0.3 is 0 Å². The molecule has 4 nitrogen and oxygen atoms in total. The lowest BCUT2D eigenvalue weighted by molar-refractivity contribution is 0.588. The number of pyridine rings is 1. The SMILES string of the molecule is C1=CCC=c2cnccc2=C1.CC.CNS(=O)(=O)c1ccccc1. The molecule has 0 amide bonds. The lowest BCUT2D eigenvalue weighted by atomic mass is 10.3. The molecule has 1 aliphatic carbocycles. The highest BCUT2D eigenvalue weighted by Gasteiger charge is 2.08. The molecule has 1 heterocycles. The van der Waals surface area contributed by atoms with Gasteiger partial charge in [-0.1, -0.05) is 56.4 Å². The summed E-state index contributed by atoms with van der Waals surface area (Å²) >= 11 is 0. The fraction of sp³-hybridized carbons (Fsp3) is 0.211. The predicted octanol–water partition coefficient (Wildman–Crippen LogP) is 2.22. The molecule has 128 valence electrons. The number of hydrogen-bond donors (Lipinski definition) is 1. The van der Waals surface area contributed by atoms with E-state index in [0.717, 1.165) is 6.42 Å². The summed E-state index contributed by atoms with van der Waals surface area (Å²) < 4.78 is 24.4. The quantitative estimate of drug-likeness (QED) is 0.909. The molecule has 0 radical (unpaired) electrons. The summed E-state index contributed by atoms with van der Waals surface area (Å²) in [6.45, 7) is 4.00. The van der Waals surface area contributed by atoms with Crippen LogP contribution in [0, 0.1) is 0 Å². The third kappa shape index (κ3) is 6.10. The topological polar surface area (TPSA) is 59.1 Å². The van der Waals surface area contributed by atoms with Crippen LogP contribution in [0.1, 0.15) is 20.3 Å². The monoisotopic (exact) mass is 344 g/mol. The largest absolute Gasteiger partial charge is 0.264 e. The molecule has 3 rings (SSSR count). The first-order valence-electron chi connectivity index (χ1n) is 7.89. The van der Waals surface area contributed by atoms with Crippen LogP contribution < -0.4 is 15.2 Å². The van der Waals surface area contributed by atoms with Crippen LogP contribution in [0.15, 0.2) is 65.8 Å². The number of sulfonamides is 1. The molecule has 24 heavy (non-hydrogen) atoms. The first kappa shape index (κ1) is 19.8. The van der Waals surface area contributed by atoms with E-state index in [-0.39, 0.29) is 0 Å².